The average molecular weight is 408 g/mol. The summed E-state index contributed by atoms with van der Waals surface area (Å²) < 4.78 is 24.4. The number of aromatic nitrogens is 1. The summed E-state index contributed by atoms with van der Waals surface area (Å²) in [5.41, 5.74) is 1.81. The minimum atomic E-state index is -0.342. The van der Waals surface area contributed by atoms with E-state index in [9.17, 15) is 9.18 Å². The molecule has 1 N–H and O–H groups in total. The molecule has 0 bridgehead atoms. The van der Waals surface area contributed by atoms with Crippen LogP contribution in [0.15, 0.2) is 72.9 Å². The van der Waals surface area contributed by atoms with Crippen molar-refractivity contribution in [2.45, 2.75) is 32.4 Å². The maximum Gasteiger partial charge on any atom is 0.220 e. The zero-order valence-corrected chi connectivity index (χ0v) is 16.9. The van der Waals surface area contributed by atoms with Crippen LogP contribution in [0, 0.1) is 5.82 Å². The van der Waals surface area contributed by atoms with E-state index in [4.69, 9.17) is 9.47 Å². The van der Waals surface area contributed by atoms with Crippen LogP contribution in [0.1, 0.15) is 37.1 Å². The summed E-state index contributed by atoms with van der Waals surface area (Å²) in [6.07, 6.45) is 2.60. The highest BCUT2D eigenvalue weighted by atomic mass is 19.1. The first-order valence-corrected chi connectivity index (χ1v) is 9.90. The Bertz CT molecular complexity index is 950. The molecule has 1 amide bonds. The highest BCUT2D eigenvalue weighted by Gasteiger charge is 2.10. The Hall–Kier alpha value is -3.41. The highest BCUT2D eigenvalue weighted by molar-refractivity contribution is 5.76. The predicted molar refractivity (Wildman–Crippen MR) is 113 cm³/mol. The van der Waals surface area contributed by atoms with Crippen molar-refractivity contribution in [3.05, 3.63) is 90.0 Å². The van der Waals surface area contributed by atoms with Gasteiger partial charge in [0.25, 0.3) is 0 Å². The van der Waals surface area contributed by atoms with Crippen LogP contribution in [0.2, 0.25) is 0 Å². The van der Waals surface area contributed by atoms with Gasteiger partial charge in [-0.1, -0.05) is 24.3 Å². The number of ether oxygens (including phenoxy) is 2. The van der Waals surface area contributed by atoms with Crippen LogP contribution >= 0.6 is 0 Å². The maximum atomic E-state index is 13.1. The summed E-state index contributed by atoms with van der Waals surface area (Å²) >= 11 is 0. The Kier molecular flexibility index (Phi) is 7.78. The number of hydrogen-bond acceptors (Lipinski definition) is 4. The fourth-order valence-electron chi connectivity index (χ4n) is 2.89. The van der Waals surface area contributed by atoms with Crippen LogP contribution < -0.4 is 14.8 Å². The van der Waals surface area contributed by atoms with Gasteiger partial charge in [-0.25, -0.2) is 4.39 Å². The van der Waals surface area contributed by atoms with Crippen molar-refractivity contribution < 1.29 is 18.7 Å². The van der Waals surface area contributed by atoms with Crippen LogP contribution in [-0.4, -0.2) is 17.5 Å². The quantitative estimate of drug-likeness (QED) is 0.488. The summed E-state index contributed by atoms with van der Waals surface area (Å²) in [5.74, 6) is 0.782. The number of nitrogens with one attached hydrogen (secondary N) is 1. The Balaban J connectivity index is 1.42. The average Bonchev–Trinajstić information content (AvgIpc) is 2.76. The number of hydrogen-bond donors (Lipinski definition) is 1. The minimum absolute atomic E-state index is 0.0647. The Morgan fingerprint density at radius 2 is 1.83 bits per heavy atom. The molecule has 0 aliphatic carbocycles. The van der Waals surface area contributed by atoms with Gasteiger partial charge in [-0.05, 0) is 55.3 Å². The Morgan fingerprint density at radius 1 is 1.03 bits per heavy atom. The van der Waals surface area contributed by atoms with E-state index in [1.54, 1.807) is 18.3 Å². The van der Waals surface area contributed by atoms with Crippen LogP contribution in [0.25, 0.3) is 0 Å². The van der Waals surface area contributed by atoms with Gasteiger partial charge in [0.1, 0.15) is 23.9 Å². The van der Waals surface area contributed by atoms with E-state index < -0.39 is 0 Å². The van der Waals surface area contributed by atoms with Crippen molar-refractivity contribution >= 4 is 5.91 Å². The zero-order chi connectivity index (χ0) is 21.2. The predicted octanol–water partition coefficient (Wildman–Crippen LogP) is 4.84. The molecule has 6 heteroatoms. The molecule has 0 radical (unpaired) electrons. The third-order valence-corrected chi connectivity index (χ3v) is 4.46. The largest absolute Gasteiger partial charge is 0.493 e. The molecule has 1 aromatic heterocycles. The molecule has 0 saturated heterocycles. The topological polar surface area (TPSA) is 60.5 Å². The number of rotatable bonds is 10. The van der Waals surface area contributed by atoms with Gasteiger partial charge in [-0.3, -0.25) is 9.78 Å². The van der Waals surface area contributed by atoms with Crippen LogP contribution in [0.4, 0.5) is 4.39 Å². The molecule has 0 saturated carbocycles. The highest BCUT2D eigenvalue weighted by Crippen LogP contribution is 2.20. The third kappa shape index (κ3) is 6.88. The van der Waals surface area contributed by atoms with Crippen molar-refractivity contribution in [3.63, 3.8) is 0 Å². The molecule has 3 aromatic rings. The van der Waals surface area contributed by atoms with E-state index in [2.05, 4.69) is 10.3 Å². The lowest BCUT2D eigenvalue weighted by Gasteiger charge is -2.16. The summed E-state index contributed by atoms with van der Waals surface area (Å²) in [6, 6.07) is 19.2. The third-order valence-electron chi connectivity index (χ3n) is 4.46. The SMILES string of the molecule is CC(NC(=O)CCCOc1cccc(F)c1)c1cccc(OCc2ccccn2)c1. The second-order valence-corrected chi connectivity index (χ2v) is 6.88. The van der Waals surface area contributed by atoms with E-state index in [0.29, 0.717) is 31.8 Å². The summed E-state index contributed by atoms with van der Waals surface area (Å²) in [7, 11) is 0. The first-order chi connectivity index (χ1) is 14.6. The second-order valence-electron chi connectivity index (χ2n) is 6.88. The van der Waals surface area contributed by atoms with Crippen molar-refractivity contribution in [2.75, 3.05) is 6.61 Å². The zero-order valence-electron chi connectivity index (χ0n) is 16.9. The van der Waals surface area contributed by atoms with Crippen LogP contribution in [0.3, 0.4) is 0 Å². The smallest absolute Gasteiger partial charge is 0.220 e. The van der Waals surface area contributed by atoms with Gasteiger partial charge in [0.2, 0.25) is 5.91 Å². The van der Waals surface area contributed by atoms with Crippen LogP contribution in [0.5, 0.6) is 11.5 Å². The fourth-order valence-corrected chi connectivity index (χ4v) is 2.89. The summed E-state index contributed by atoms with van der Waals surface area (Å²) in [6.45, 7) is 2.66. The number of nitrogens with zero attached hydrogens (tertiary/aromatic N) is 1. The number of carbonyl (C=O) groups is 1. The van der Waals surface area contributed by atoms with Gasteiger partial charge in [-0.15, -0.1) is 0 Å². The molecule has 1 atom stereocenters. The molecule has 0 aliphatic rings. The monoisotopic (exact) mass is 408 g/mol. The molecule has 3 rings (SSSR count). The summed E-state index contributed by atoms with van der Waals surface area (Å²) in [4.78, 5) is 16.5. The lowest BCUT2D eigenvalue weighted by Crippen LogP contribution is -2.26. The molecular weight excluding hydrogens is 383 g/mol. The van der Waals surface area contributed by atoms with Crippen LogP contribution in [-0.2, 0) is 11.4 Å². The number of carbonyl (C=O) groups excluding carboxylic acids is 1. The van der Waals surface area contributed by atoms with Crippen molar-refractivity contribution in [3.8, 4) is 11.5 Å². The fraction of sp³-hybridized carbons (Fsp3) is 0.250. The van der Waals surface area contributed by atoms with Gasteiger partial charge in [0.05, 0.1) is 18.3 Å². The normalized spacial score (nSPS) is 11.5. The molecule has 0 aliphatic heterocycles. The van der Waals surface area contributed by atoms with E-state index >= 15 is 0 Å². The molecule has 0 fully saturated rings. The number of amides is 1. The Labute approximate surface area is 175 Å². The van der Waals surface area contributed by atoms with E-state index in [0.717, 1.165) is 17.0 Å². The molecule has 1 heterocycles. The molecule has 5 nitrogen and oxygen atoms in total. The number of benzene rings is 2. The first kappa shape index (κ1) is 21.3. The molecule has 0 spiro atoms. The standard InChI is InChI=1S/C24H25FN2O3/c1-18(27-24(28)12-6-14-29-23-11-5-8-20(25)16-23)19-7-4-10-22(15-19)30-17-21-9-2-3-13-26-21/h2-5,7-11,13,15-16,18H,6,12,14,17H2,1H3,(H,27,28). The summed E-state index contributed by atoms with van der Waals surface area (Å²) in [5, 5.41) is 2.98. The lowest BCUT2D eigenvalue weighted by molar-refractivity contribution is -0.121. The van der Waals surface area contributed by atoms with Gasteiger partial charge >= 0.3 is 0 Å². The number of halogens is 1. The van der Waals surface area contributed by atoms with E-state index in [-0.39, 0.29) is 17.8 Å². The molecule has 2 aromatic carbocycles. The van der Waals surface area contributed by atoms with Gasteiger partial charge in [-0.2, -0.15) is 0 Å². The van der Waals surface area contributed by atoms with Gasteiger partial charge < -0.3 is 14.8 Å². The van der Waals surface area contributed by atoms with Crippen molar-refractivity contribution in [2.24, 2.45) is 0 Å². The Morgan fingerprint density at radius 3 is 2.60 bits per heavy atom. The second kappa shape index (κ2) is 11.0. The van der Waals surface area contributed by atoms with E-state index in [1.807, 2.05) is 49.4 Å². The van der Waals surface area contributed by atoms with E-state index in [1.165, 1.54) is 12.1 Å². The molecule has 156 valence electrons. The van der Waals surface area contributed by atoms with Crippen molar-refractivity contribution in [1.29, 1.82) is 0 Å². The molecule has 30 heavy (non-hydrogen) atoms. The number of pyridine rings is 1. The van der Waals surface area contributed by atoms with Crippen molar-refractivity contribution in [1.82, 2.24) is 10.3 Å². The van der Waals surface area contributed by atoms with Gasteiger partial charge in [0.15, 0.2) is 0 Å². The van der Waals surface area contributed by atoms with Gasteiger partial charge in [0, 0.05) is 18.7 Å². The molecule has 1 unspecified atom stereocenters. The maximum absolute atomic E-state index is 13.1. The minimum Gasteiger partial charge on any atom is -0.493 e. The molecular formula is C24H25FN2O3. The first-order valence-electron chi connectivity index (χ1n) is 9.90. The lowest BCUT2D eigenvalue weighted by atomic mass is 10.1.